The molecule has 0 aromatic heterocycles. The first kappa shape index (κ1) is 22.9. The van der Waals surface area contributed by atoms with Gasteiger partial charge in [0.2, 0.25) is 0 Å². The minimum atomic E-state index is -0.816. The van der Waals surface area contributed by atoms with Crippen LogP contribution in [0.2, 0.25) is 0 Å². The van der Waals surface area contributed by atoms with Crippen molar-refractivity contribution in [3.63, 3.8) is 0 Å². The van der Waals surface area contributed by atoms with Crippen LogP contribution in [0.1, 0.15) is 29.7 Å². The van der Waals surface area contributed by atoms with Crippen LogP contribution >= 0.6 is 0 Å². The number of carbonyl (C=O) groups is 2. The molecule has 0 bridgehead atoms. The Morgan fingerprint density at radius 3 is 2.32 bits per heavy atom. The van der Waals surface area contributed by atoms with Crippen molar-refractivity contribution in [3.8, 4) is 11.5 Å². The molecule has 2 amide bonds. The molecule has 1 atom stereocenters. The lowest BCUT2D eigenvalue weighted by atomic mass is 9.92. The second-order valence-corrected chi connectivity index (χ2v) is 7.56. The van der Waals surface area contributed by atoms with Gasteiger partial charge in [-0.3, -0.25) is 0 Å². The maximum absolute atomic E-state index is 13.2. The van der Waals surface area contributed by atoms with Gasteiger partial charge in [-0.15, -0.1) is 0 Å². The number of methoxy groups -OCH3 is 1. The predicted octanol–water partition coefficient (Wildman–Crippen LogP) is 4.60. The van der Waals surface area contributed by atoms with Crippen LogP contribution in [-0.4, -0.2) is 25.7 Å². The van der Waals surface area contributed by atoms with E-state index < -0.39 is 18.0 Å². The Labute approximate surface area is 198 Å². The van der Waals surface area contributed by atoms with E-state index in [9.17, 15) is 9.59 Å². The molecule has 1 aliphatic rings. The summed E-state index contributed by atoms with van der Waals surface area (Å²) in [5, 5.41) is 5.65. The van der Waals surface area contributed by atoms with Gasteiger partial charge in [0.15, 0.2) is 11.5 Å². The molecule has 3 aromatic rings. The predicted molar refractivity (Wildman–Crippen MR) is 128 cm³/mol. The van der Waals surface area contributed by atoms with E-state index in [-0.39, 0.29) is 18.8 Å². The number of carbonyl (C=O) groups excluding carboxylic acids is 2. The van der Waals surface area contributed by atoms with Gasteiger partial charge in [-0.1, -0.05) is 72.8 Å². The van der Waals surface area contributed by atoms with Crippen molar-refractivity contribution in [2.45, 2.75) is 19.6 Å². The number of esters is 1. The summed E-state index contributed by atoms with van der Waals surface area (Å²) < 4.78 is 17.1. The lowest BCUT2D eigenvalue weighted by Gasteiger charge is -2.30. The average Bonchev–Trinajstić information content (AvgIpc) is 2.88. The molecule has 34 heavy (non-hydrogen) atoms. The number of urea groups is 1. The molecule has 0 radical (unpaired) electrons. The molecule has 0 saturated carbocycles. The molecule has 0 spiro atoms. The Morgan fingerprint density at radius 1 is 0.941 bits per heavy atom. The smallest absolute Gasteiger partial charge is 0.338 e. The Kier molecular flexibility index (Phi) is 7.13. The van der Waals surface area contributed by atoms with E-state index in [1.54, 1.807) is 32.2 Å². The summed E-state index contributed by atoms with van der Waals surface area (Å²) >= 11 is 0. The zero-order valence-electron chi connectivity index (χ0n) is 19.0. The fourth-order valence-electron chi connectivity index (χ4n) is 3.86. The van der Waals surface area contributed by atoms with Crippen LogP contribution in [-0.2, 0) is 16.1 Å². The van der Waals surface area contributed by atoms with Crippen LogP contribution in [0, 0.1) is 0 Å². The Hall–Kier alpha value is -4.26. The quantitative estimate of drug-likeness (QED) is 0.482. The average molecular weight is 459 g/mol. The number of ether oxygens (including phenoxy) is 3. The molecule has 174 valence electrons. The molecule has 0 aliphatic carbocycles. The topological polar surface area (TPSA) is 85.9 Å². The fourth-order valence-corrected chi connectivity index (χ4v) is 3.86. The number of nitrogens with one attached hydrogen (secondary N) is 2. The van der Waals surface area contributed by atoms with Crippen LogP contribution in [0.25, 0.3) is 5.70 Å². The van der Waals surface area contributed by atoms with Gasteiger partial charge < -0.3 is 24.8 Å². The molecular formula is C27H26N2O5. The van der Waals surface area contributed by atoms with Crippen LogP contribution in [0.3, 0.4) is 0 Å². The van der Waals surface area contributed by atoms with Crippen molar-refractivity contribution >= 4 is 17.7 Å². The van der Waals surface area contributed by atoms with E-state index in [0.717, 1.165) is 5.56 Å². The zero-order valence-corrected chi connectivity index (χ0v) is 19.0. The van der Waals surface area contributed by atoms with Crippen molar-refractivity contribution < 1.29 is 23.8 Å². The number of benzene rings is 3. The molecule has 1 heterocycles. The minimum absolute atomic E-state index is 0.195. The summed E-state index contributed by atoms with van der Waals surface area (Å²) in [7, 11) is 1.55. The summed E-state index contributed by atoms with van der Waals surface area (Å²) in [5.41, 5.74) is 2.93. The highest BCUT2D eigenvalue weighted by atomic mass is 16.5. The third-order valence-corrected chi connectivity index (χ3v) is 5.40. The summed E-state index contributed by atoms with van der Waals surface area (Å²) in [6.07, 6.45) is 0. The third kappa shape index (κ3) is 4.88. The van der Waals surface area contributed by atoms with E-state index in [2.05, 4.69) is 10.6 Å². The largest absolute Gasteiger partial charge is 0.493 e. The van der Waals surface area contributed by atoms with Crippen LogP contribution in [0.4, 0.5) is 4.79 Å². The van der Waals surface area contributed by atoms with E-state index in [1.807, 2.05) is 60.7 Å². The van der Waals surface area contributed by atoms with E-state index >= 15 is 0 Å². The number of rotatable bonds is 8. The monoisotopic (exact) mass is 458 g/mol. The number of hydrogen-bond acceptors (Lipinski definition) is 5. The van der Waals surface area contributed by atoms with Crippen molar-refractivity contribution in [3.05, 3.63) is 101 Å². The second-order valence-electron chi connectivity index (χ2n) is 7.56. The first-order chi connectivity index (χ1) is 16.6. The summed E-state index contributed by atoms with van der Waals surface area (Å²) in [4.78, 5) is 25.9. The first-order valence-electron chi connectivity index (χ1n) is 11.0. The number of hydrogen-bond donors (Lipinski definition) is 2. The maximum atomic E-state index is 13.2. The van der Waals surface area contributed by atoms with Gasteiger partial charge in [-0.2, -0.15) is 0 Å². The van der Waals surface area contributed by atoms with Crippen LogP contribution in [0.15, 0.2) is 84.4 Å². The zero-order chi connectivity index (χ0) is 23.9. The molecule has 2 N–H and O–H groups in total. The molecule has 4 rings (SSSR count). The van der Waals surface area contributed by atoms with Crippen LogP contribution < -0.4 is 20.1 Å². The van der Waals surface area contributed by atoms with Crippen molar-refractivity contribution in [2.75, 3.05) is 13.7 Å². The molecule has 1 aliphatic heterocycles. The maximum Gasteiger partial charge on any atom is 0.338 e. The van der Waals surface area contributed by atoms with E-state index in [4.69, 9.17) is 14.2 Å². The highest BCUT2D eigenvalue weighted by molar-refractivity contribution is 6.04. The second kappa shape index (κ2) is 10.6. The van der Waals surface area contributed by atoms with Gasteiger partial charge in [0.1, 0.15) is 6.61 Å². The Balaban J connectivity index is 1.84. The number of amides is 2. The van der Waals surface area contributed by atoms with Gasteiger partial charge in [0.25, 0.3) is 0 Å². The molecule has 7 heteroatoms. The third-order valence-electron chi connectivity index (χ3n) is 5.40. The number of para-hydroxylation sites is 1. The molecular weight excluding hydrogens is 432 g/mol. The van der Waals surface area contributed by atoms with Crippen molar-refractivity contribution in [1.82, 2.24) is 10.6 Å². The normalized spacial score (nSPS) is 15.2. The first-order valence-corrected chi connectivity index (χ1v) is 11.0. The Morgan fingerprint density at radius 2 is 1.65 bits per heavy atom. The lowest BCUT2D eigenvalue weighted by molar-refractivity contribution is -0.138. The lowest BCUT2D eigenvalue weighted by Crippen LogP contribution is -2.45. The highest BCUT2D eigenvalue weighted by Gasteiger charge is 2.36. The summed E-state index contributed by atoms with van der Waals surface area (Å²) in [6.45, 7) is 2.22. The van der Waals surface area contributed by atoms with Gasteiger partial charge >= 0.3 is 12.0 Å². The molecule has 1 unspecified atom stereocenters. The summed E-state index contributed by atoms with van der Waals surface area (Å²) in [6, 6.07) is 23.0. The van der Waals surface area contributed by atoms with Gasteiger partial charge in [0.05, 0.1) is 31.0 Å². The molecule has 3 aromatic carbocycles. The van der Waals surface area contributed by atoms with Gasteiger partial charge in [-0.25, -0.2) is 9.59 Å². The van der Waals surface area contributed by atoms with E-state index in [1.165, 1.54) is 0 Å². The SMILES string of the molecule is CCOC(=O)C1=C(c2ccccc2)NC(=O)NC1c1cccc(OC)c1OCc1ccccc1. The van der Waals surface area contributed by atoms with Gasteiger partial charge in [-0.05, 0) is 24.1 Å². The van der Waals surface area contributed by atoms with Gasteiger partial charge in [0, 0.05) is 5.56 Å². The van der Waals surface area contributed by atoms with E-state index in [0.29, 0.717) is 28.3 Å². The fraction of sp³-hybridized carbons (Fsp3) is 0.185. The summed E-state index contributed by atoms with van der Waals surface area (Å²) in [5.74, 6) is 0.400. The Bertz CT molecular complexity index is 1190. The molecule has 0 fully saturated rings. The van der Waals surface area contributed by atoms with Crippen molar-refractivity contribution in [2.24, 2.45) is 0 Å². The minimum Gasteiger partial charge on any atom is -0.493 e. The molecule has 7 nitrogen and oxygen atoms in total. The standard InChI is InChI=1S/C27H26N2O5/c1-3-33-26(30)22-23(19-13-8-5-9-14-19)28-27(31)29-24(22)20-15-10-16-21(32-2)25(20)34-17-18-11-6-4-7-12-18/h4-16,24H,3,17H2,1-2H3,(H2,28,29,31). The van der Waals surface area contributed by atoms with Crippen LogP contribution in [0.5, 0.6) is 11.5 Å². The molecule has 0 saturated heterocycles. The highest BCUT2D eigenvalue weighted by Crippen LogP contribution is 2.41. The van der Waals surface area contributed by atoms with Crippen molar-refractivity contribution in [1.29, 1.82) is 0 Å².